The number of hydrogen-bond acceptors (Lipinski definition) is 5. The summed E-state index contributed by atoms with van der Waals surface area (Å²) in [4.78, 5) is 1.66. The van der Waals surface area contributed by atoms with E-state index in [1.807, 2.05) is 0 Å². The van der Waals surface area contributed by atoms with Crippen molar-refractivity contribution in [1.29, 1.82) is 0 Å². The van der Waals surface area contributed by atoms with Gasteiger partial charge in [-0.1, -0.05) is 5.10 Å². The molecule has 0 atom stereocenters. The zero-order chi connectivity index (χ0) is 11.5. The maximum atomic E-state index is 12.7. The topological polar surface area (TPSA) is 68.2 Å². The van der Waals surface area contributed by atoms with Gasteiger partial charge in [-0.3, -0.25) is 4.90 Å². The summed E-state index contributed by atoms with van der Waals surface area (Å²) >= 11 is 0. The number of benzene rings is 1. The summed E-state index contributed by atoms with van der Waals surface area (Å²) < 4.78 is 18.0. The van der Waals surface area contributed by atoms with Crippen molar-refractivity contribution in [1.82, 2.24) is 10.2 Å². The maximum Gasteiger partial charge on any atom is 0.322 e. The van der Waals surface area contributed by atoms with Gasteiger partial charge in [0.2, 0.25) is 5.89 Å². The van der Waals surface area contributed by atoms with E-state index in [0.717, 1.165) is 5.69 Å². The number of anilines is 2. The SMILES string of the molecule is CN(c1ccc(F)cc1)c1nnc(CN)o1. The molecule has 1 heterocycles. The molecule has 5 nitrogen and oxygen atoms in total. The van der Waals surface area contributed by atoms with Gasteiger partial charge < -0.3 is 10.2 Å². The lowest BCUT2D eigenvalue weighted by molar-refractivity contribution is 0.500. The zero-order valence-electron chi connectivity index (χ0n) is 8.72. The van der Waals surface area contributed by atoms with Crippen molar-refractivity contribution < 1.29 is 8.81 Å². The van der Waals surface area contributed by atoms with Crippen LogP contribution < -0.4 is 10.6 Å². The molecule has 1 aromatic heterocycles. The third-order valence-corrected chi connectivity index (χ3v) is 2.13. The second kappa shape index (κ2) is 4.28. The van der Waals surface area contributed by atoms with Gasteiger partial charge >= 0.3 is 6.01 Å². The molecule has 1 aromatic carbocycles. The van der Waals surface area contributed by atoms with Crippen LogP contribution in [0.3, 0.4) is 0 Å². The van der Waals surface area contributed by atoms with E-state index in [9.17, 15) is 4.39 Å². The fourth-order valence-electron chi connectivity index (χ4n) is 1.24. The molecule has 2 aromatic rings. The van der Waals surface area contributed by atoms with Crippen LogP contribution in [0.25, 0.3) is 0 Å². The minimum Gasteiger partial charge on any atom is -0.406 e. The first-order chi connectivity index (χ1) is 7.70. The molecule has 84 valence electrons. The van der Waals surface area contributed by atoms with E-state index >= 15 is 0 Å². The van der Waals surface area contributed by atoms with Crippen molar-refractivity contribution >= 4 is 11.7 Å². The maximum absolute atomic E-state index is 12.7. The number of nitrogens with zero attached hydrogens (tertiary/aromatic N) is 3. The summed E-state index contributed by atoms with van der Waals surface area (Å²) in [6.07, 6.45) is 0. The van der Waals surface area contributed by atoms with Crippen molar-refractivity contribution in [3.05, 3.63) is 36.0 Å². The summed E-state index contributed by atoms with van der Waals surface area (Å²) in [6, 6.07) is 6.31. The molecule has 0 aliphatic carbocycles. The van der Waals surface area contributed by atoms with Gasteiger partial charge in [-0.25, -0.2) is 4.39 Å². The lowest BCUT2D eigenvalue weighted by atomic mass is 10.3. The van der Waals surface area contributed by atoms with Gasteiger partial charge in [0, 0.05) is 12.7 Å². The zero-order valence-corrected chi connectivity index (χ0v) is 8.72. The number of hydrogen-bond donors (Lipinski definition) is 1. The minimum atomic E-state index is -0.287. The third-order valence-electron chi connectivity index (χ3n) is 2.13. The molecular formula is C10H11FN4O. The average Bonchev–Trinajstić information content (AvgIpc) is 2.77. The molecule has 16 heavy (non-hydrogen) atoms. The van der Waals surface area contributed by atoms with Crippen molar-refractivity contribution in [2.45, 2.75) is 6.54 Å². The van der Waals surface area contributed by atoms with Crippen molar-refractivity contribution in [2.24, 2.45) is 5.73 Å². The van der Waals surface area contributed by atoms with E-state index in [1.165, 1.54) is 12.1 Å². The van der Waals surface area contributed by atoms with Crippen molar-refractivity contribution in [3.8, 4) is 0 Å². The normalized spacial score (nSPS) is 10.4. The average molecular weight is 222 g/mol. The van der Waals surface area contributed by atoms with Gasteiger partial charge in [0.1, 0.15) is 5.82 Å². The Morgan fingerprint density at radius 2 is 2.00 bits per heavy atom. The smallest absolute Gasteiger partial charge is 0.322 e. The quantitative estimate of drug-likeness (QED) is 0.850. The molecular weight excluding hydrogens is 211 g/mol. The van der Waals surface area contributed by atoms with Gasteiger partial charge in [0.25, 0.3) is 0 Å². The predicted molar refractivity (Wildman–Crippen MR) is 56.7 cm³/mol. The number of halogens is 1. The second-order valence-corrected chi connectivity index (χ2v) is 3.22. The minimum absolute atomic E-state index is 0.199. The third kappa shape index (κ3) is 2.01. The van der Waals surface area contributed by atoms with Crippen LogP contribution in [0.5, 0.6) is 0 Å². The number of rotatable bonds is 3. The van der Waals surface area contributed by atoms with Crippen molar-refractivity contribution in [2.75, 3.05) is 11.9 Å². The highest BCUT2D eigenvalue weighted by Gasteiger charge is 2.11. The molecule has 0 aliphatic heterocycles. The fraction of sp³-hybridized carbons (Fsp3) is 0.200. The van der Waals surface area contributed by atoms with E-state index in [0.29, 0.717) is 11.9 Å². The Morgan fingerprint density at radius 1 is 1.31 bits per heavy atom. The molecule has 0 saturated heterocycles. The highest BCUT2D eigenvalue weighted by Crippen LogP contribution is 2.21. The largest absolute Gasteiger partial charge is 0.406 e. The molecule has 0 amide bonds. The van der Waals surface area contributed by atoms with E-state index < -0.39 is 0 Å². The van der Waals surface area contributed by atoms with E-state index in [-0.39, 0.29) is 12.4 Å². The Balaban J connectivity index is 2.24. The molecule has 0 radical (unpaired) electrons. The van der Waals surface area contributed by atoms with Crippen molar-refractivity contribution in [3.63, 3.8) is 0 Å². The monoisotopic (exact) mass is 222 g/mol. The van der Waals surface area contributed by atoms with Crippen LogP contribution in [-0.2, 0) is 6.54 Å². The van der Waals surface area contributed by atoms with Crippen LogP contribution in [0.4, 0.5) is 16.1 Å². The molecule has 0 aliphatic rings. The van der Waals surface area contributed by atoms with Crippen LogP contribution in [0.15, 0.2) is 28.7 Å². The standard InChI is InChI=1S/C10H11FN4O/c1-15(8-4-2-7(11)3-5-8)10-14-13-9(6-12)16-10/h2-5H,6,12H2,1H3. The second-order valence-electron chi connectivity index (χ2n) is 3.22. The van der Waals surface area contributed by atoms with Crippen LogP contribution in [0.2, 0.25) is 0 Å². The number of nitrogens with two attached hydrogens (primary N) is 1. The molecule has 2 rings (SSSR count). The van der Waals surface area contributed by atoms with Crippen LogP contribution in [0, 0.1) is 5.82 Å². The summed E-state index contributed by atoms with van der Waals surface area (Å²) in [7, 11) is 1.75. The molecule has 6 heteroatoms. The van der Waals surface area contributed by atoms with E-state index in [1.54, 1.807) is 24.1 Å². The number of aromatic nitrogens is 2. The van der Waals surface area contributed by atoms with Gasteiger partial charge in [0.05, 0.1) is 6.54 Å². The Kier molecular flexibility index (Phi) is 2.82. The first-order valence-electron chi connectivity index (χ1n) is 4.72. The molecule has 0 fully saturated rings. The molecule has 0 saturated carbocycles. The van der Waals surface area contributed by atoms with Gasteiger partial charge in [-0.15, -0.1) is 5.10 Å². The summed E-state index contributed by atoms with van der Waals surface area (Å²) in [5.74, 6) is 0.0780. The van der Waals surface area contributed by atoms with Crippen LogP contribution in [0.1, 0.15) is 5.89 Å². The fourth-order valence-corrected chi connectivity index (χ4v) is 1.24. The Morgan fingerprint density at radius 3 is 2.56 bits per heavy atom. The molecule has 0 unspecified atom stereocenters. The lowest BCUT2D eigenvalue weighted by Crippen LogP contribution is -2.09. The summed E-state index contributed by atoms with van der Waals surface area (Å²) in [5.41, 5.74) is 6.12. The Labute approximate surface area is 91.7 Å². The van der Waals surface area contributed by atoms with E-state index in [4.69, 9.17) is 10.2 Å². The first kappa shape index (κ1) is 10.6. The van der Waals surface area contributed by atoms with Gasteiger partial charge in [-0.05, 0) is 24.3 Å². The van der Waals surface area contributed by atoms with Crippen LogP contribution >= 0.6 is 0 Å². The Bertz CT molecular complexity index is 468. The summed E-state index contributed by atoms with van der Waals surface area (Å²) in [6.45, 7) is 0.199. The Hall–Kier alpha value is -1.95. The molecule has 0 spiro atoms. The predicted octanol–water partition coefficient (Wildman–Crippen LogP) is 1.44. The van der Waals surface area contributed by atoms with Gasteiger partial charge in [0.15, 0.2) is 0 Å². The summed E-state index contributed by atoms with van der Waals surface area (Å²) in [5, 5.41) is 7.56. The van der Waals surface area contributed by atoms with Gasteiger partial charge in [-0.2, -0.15) is 0 Å². The molecule has 0 bridgehead atoms. The lowest BCUT2D eigenvalue weighted by Gasteiger charge is -2.13. The highest BCUT2D eigenvalue weighted by molar-refractivity contribution is 5.54. The van der Waals surface area contributed by atoms with Crippen LogP contribution in [-0.4, -0.2) is 17.2 Å². The first-order valence-corrected chi connectivity index (χ1v) is 4.72. The molecule has 2 N–H and O–H groups in total. The van der Waals surface area contributed by atoms with E-state index in [2.05, 4.69) is 10.2 Å². The highest BCUT2D eigenvalue weighted by atomic mass is 19.1.